The van der Waals surface area contributed by atoms with Crippen LogP contribution in [0.5, 0.6) is 0 Å². The molecule has 0 aromatic rings. The van der Waals surface area contributed by atoms with Gasteiger partial charge >= 0.3 is 0 Å². The van der Waals surface area contributed by atoms with Crippen molar-refractivity contribution < 1.29 is 0 Å². The summed E-state index contributed by atoms with van der Waals surface area (Å²) in [6.07, 6.45) is 7.50. The first-order valence-electron chi connectivity index (χ1n) is 4.82. The highest BCUT2D eigenvalue weighted by Crippen LogP contribution is 2.35. The number of hydrogen-bond acceptors (Lipinski definition) is 2. The molecule has 68 valence electrons. The standard InChI is InChI=1S/C11H14N2/c1-13-11-5-3-9-6-8(7-12)2-4-10(9)11/h2,4,8,11,13H,3,5-6H2,1H3/t8?,11-/m0/s1. The molecule has 0 heterocycles. The summed E-state index contributed by atoms with van der Waals surface area (Å²) in [6, 6.07) is 2.84. The first-order valence-corrected chi connectivity index (χ1v) is 4.82. The Morgan fingerprint density at radius 1 is 1.62 bits per heavy atom. The van der Waals surface area contributed by atoms with Crippen LogP contribution in [0.3, 0.4) is 0 Å². The number of nitrogens with one attached hydrogen (secondary N) is 1. The maximum Gasteiger partial charge on any atom is 0.0700 e. The Kier molecular flexibility index (Phi) is 2.20. The van der Waals surface area contributed by atoms with Crippen molar-refractivity contribution in [2.24, 2.45) is 5.92 Å². The van der Waals surface area contributed by atoms with E-state index in [9.17, 15) is 0 Å². The number of nitriles is 1. The Balaban J connectivity index is 2.19. The molecular formula is C11H14N2. The highest BCUT2D eigenvalue weighted by molar-refractivity contribution is 5.39. The second kappa shape index (κ2) is 3.35. The number of rotatable bonds is 1. The molecule has 1 N–H and O–H groups in total. The van der Waals surface area contributed by atoms with Gasteiger partial charge in [-0.15, -0.1) is 0 Å². The molecule has 0 spiro atoms. The van der Waals surface area contributed by atoms with E-state index in [0.717, 1.165) is 6.42 Å². The van der Waals surface area contributed by atoms with Crippen molar-refractivity contribution in [3.8, 4) is 6.07 Å². The van der Waals surface area contributed by atoms with Crippen LogP contribution in [0.15, 0.2) is 23.3 Å². The predicted octanol–water partition coefficient (Wildman–Crippen LogP) is 1.76. The van der Waals surface area contributed by atoms with Crippen LogP contribution in [0.2, 0.25) is 0 Å². The van der Waals surface area contributed by atoms with E-state index in [1.807, 2.05) is 13.1 Å². The van der Waals surface area contributed by atoms with Gasteiger partial charge in [0.1, 0.15) is 0 Å². The number of nitrogens with zero attached hydrogens (tertiary/aromatic N) is 1. The lowest BCUT2D eigenvalue weighted by Crippen LogP contribution is -2.24. The largest absolute Gasteiger partial charge is 0.313 e. The van der Waals surface area contributed by atoms with Crippen molar-refractivity contribution in [3.05, 3.63) is 23.3 Å². The van der Waals surface area contributed by atoms with Gasteiger partial charge in [0.25, 0.3) is 0 Å². The number of likely N-dealkylation sites (N-methyl/N-ethyl adjacent to an activating group) is 1. The SMILES string of the molecule is CN[C@H]1CCC2=C1C=CC(C#N)C2. The monoisotopic (exact) mass is 174 g/mol. The van der Waals surface area contributed by atoms with Crippen molar-refractivity contribution in [3.63, 3.8) is 0 Å². The quantitative estimate of drug-likeness (QED) is 0.657. The first kappa shape index (κ1) is 8.52. The summed E-state index contributed by atoms with van der Waals surface area (Å²) in [7, 11) is 2.00. The molecular weight excluding hydrogens is 160 g/mol. The zero-order valence-electron chi connectivity index (χ0n) is 7.88. The summed E-state index contributed by atoms with van der Waals surface area (Å²) in [5.74, 6) is 0.120. The molecule has 2 atom stereocenters. The van der Waals surface area contributed by atoms with Crippen LogP contribution in [0.25, 0.3) is 0 Å². The molecule has 0 amide bonds. The smallest absolute Gasteiger partial charge is 0.0700 e. The molecule has 0 aliphatic heterocycles. The Morgan fingerprint density at radius 2 is 2.46 bits per heavy atom. The molecule has 0 saturated carbocycles. The van der Waals surface area contributed by atoms with E-state index < -0.39 is 0 Å². The molecule has 0 saturated heterocycles. The Bertz CT molecular complexity index is 307. The molecule has 0 bridgehead atoms. The lowest BCUT2D eigenvalue weighted by molar-refractivity contribution is 0.635. The summed E-state index contributed by atoms with van der Waals surface area (Å²) in [5, 5.41) is 12.1. The van der Waals surface area contributed by atoms with Crippen molar-refractivity contribution in [1.82, 2.24) is 5.32 Å². The van der Waals surface area contributed by atoms with Gasteiger partial charge in [-0.2, -0.15) is 5.26 Å². The van der Waals surface area contributed by atoms with Gasteiger partial charge in [0.15, 0.2) is 0 Å². The molecule has 0 fully saturated rings. The average Bonchev–Trinajstić information content (AvgIpc) is 2.59. The van der Waals surface area contributed by atoms with Gasteiger partial charge in [0.05, 0.1) is 12.0 Å². The van der Waals surface area contributed by atoms with Gasteiger partial charge in [-0.25, -0.2) is 0 Å². The van der Waals surface area contributed by atoms with E-state index in [4.69, 9.17) is 5.26 Å². The topological polar surface area (TPSA) is 35.8 Å². The van der Waals surface area contributed by atoms with Crippen molar-refractivity contribution >= 4 is 0 Å². The van der Waals surface area contributed by atoms with E-state index in [2.05, 4.69) is 17.5 Å². The first-order chi connectivity index (χ1) is 6.35. The minimum atomic E-state index is 0.120. The van der Waals surface area contributed by atoms with Crippen LogP contribution in [0.4, 0.5) is 0 Å². The fourth-order valence-electron chi connectivity index (χ4n) is 2.26. The van der Waals surface area contributed by atoms with Gasteiger partial charge in [-0.3, -0.25) is 0 Å². The zero-order valence-corrected chi connectivity index (χ0v) is 7.88. The minimum absolute atomic E-state index is 0.120. The number of allylic oxidation sites excluding steroid dienone is 2. The fourth-order valence-corrected chi connectivity index (χ4v) is 2.26. The van der Waals surface area contributed by atoms with Gasteiger partial charge < -0.3 is 5.32 Å². The Hall–Kier alpha value is -1.07. The maximum absolute atomic E-state index is 8.79. The second-order valence-corrected chi connectivity index (χ2v) is 3.74. The van der Waals surface area contributed by atoms with Gasteiger partial charge in [-0.1, -0.05) is 17.7 Å². The lowest BCUT2D eigenvalue weighted by atomic mass is 9.91. The summed E-state index contributed by atoms with van der Waals surface area (Å²) >= 11 is 0. The van der Waals surface area contributed by atoms with E-state index in [0.29, 0.717) is 6.04 Å². The van der Waals surface area contributed by atoms with Crippen LogP contribution in [-0.2, 0) is 0 Å². The van der Waals surface area contributed by atoms with Gasteiger partial charge in [-0.05, 0) is 31.9 Å². The molecule has 0 radical (unpaired) electrons. The summed E-state index contributed by atoms with van der Waals surface area (Å²) in [5.41, 5.74) is 2.93. The van der Waals surface area contributed by atoms with E-state index >= 15 is 0 Å². The van der Waals surface area contributed by atoms with Crippen LogP contribution in [-0.4, -0.2) is 13.1 Å². The molecule has 0 aromatic heterocycles. The molecule has 2 nitrogen and oxygen atoms in total. The Labute approximate surface area is 78.9 Å². The van der Waals surface area contributed by atoms with Crippen molar-refractivity contribution in [1.29, 1.82) is 5.26 Å². The third kappa shape index (κ3) is 1.40. The van der Waals surface area contributed by atoms with Gasteiger partial charge in [0.2, 0.25) is 0 Å². The van der Waals surface area contributed by atoms with Crippen LogP contribution >= 0.6 is 0 Å². The van der Waals surface area contributed by atoms with E-state index in [-0.39, 0.29) is 5.92 Å². The molecule has 2 rings (SSSR count). The molecule has 13 heavy (non-hydrogen) atoms. The molecule has 2 heteroatoms. The number of hydrogen-bond donors (Lipinski definition) is 1. The van der Waals surface area contributed by atoms with E-state index in [1.54, 1.807) is 0 Å². The predicted molar refractivity (Wildman–Crippen MR) is 52.0 cm³/mol. The fraction of sp³-hybridized carbons (Fsp3) is 0.545. The van der Waals surface area contributed by atoms with Crippen LogP contribution < -0.4 is 5.32 Å². The third-order valence-electron chi connectivity index (χ3n) is 3.01. The third-order valence-corrected chi connectivity index (χ3v) is 3.01. The van der Waals surface area contributed by atoms with Crippen molar-refractivity contribution in [2.45, 2.75) is 25.3 Å². The molecule has 2 aliphatic rings. The second-order valence-electron chi connectivity index (χ2n) is 3.74. The highest BCUT2D eigenvalue weighted by atomic mass is 14.9. The summed E-state index contributed by atoms with van der Waals surface area (Å²) in [4.78, 5) is 0. The molecule has 0 aromatic carbocycles. The van der Waals surface area contributed by atoms with Gasteiger partial charge in [0, 0.05) is 6.04 Å². The summed E-state index contributed by atoms with van der Waals surface area (Å²) in [6.45, 7) is 0. The Morgan fingerprint density at radius 3 is 3.15 bits per heavy atom. The lowest BCUT2D eigenvalue weighted by Gasteiger charge is -2.16. The van der Waals surface area contributed by atoms with Crippen LogP contribution in [0.1, 0.15) is 19.3 Å². The highest BCUT2D eigenvalue weighted by Gasteiger charge is 2.26. The molecule has 2 aliphatic carbocycles. The van der Waals surface area contributed by atoms with Crippen LogP contribution in [0, 0.1) is 17.2 Å². The van der Waals surface area contributed by atoms with E-state index in [1.165, 1.54) is 24.0 Å². The zero-order chi connectivity index (χ0) is 9.26. The molecule has 1 unspecified atom stereocenters. The maximum atomic E-state index is 8.79. The van der Waals surface area contributed by atoms with Crippen molar-refractivity contribution in [2.75, 3.05) is 7.05 Å². The average molecular weight is 174 g/mol. The summed E-state index contributed by atoms with van der Waals surface area (Å²) < 4.78 is 0. The minimum Gasteiger partial charge on any atom is -0.313 e. The normalized spacial score (nSPS) is 31.7.